The highest BCUT2D eigenvalue weighted by Gasteiger charge is 2.38. The van der Waals surface area contributed by atoms with Crippen molar-refractivity contribution < 1.29 is 64.9 Å². The van der Waals surface area contributed by atoms with Gasteiger partial charge in [0.05, 0.1) is 26.4 Å². The van der Waals surface area contributed by atoms with Crippen LogP contribution in [0.2, 0.25) is 0 Å². The summed E-state index contributed by atoms with van der Waals surface area (Å²) < 4.78 is 76.5. The van der Waals surface area contributed by atoms with Crippen molar-refractivity contribution in [3.05, 3.63) is 144 Å². The number of phosphoric ester groups is 2. The first-order chi connectivity index (χ1) is 31.0. The van der Waals surface area contributed by atoms with Gasteiger partial charge in [0.2, 0.25) is 0 Å². The number of rotatable bonds is 24. The van der Waals surface area contributed by atoms with Gasteiger partial charge in [-0.1, -0.05) is 121 Å². The van der Waals surface area contributed by atoms with Crippen LogP contribution in [0.25, 0.3) is 0 Å². The lowest BCUT2D eigenvalue weighted by atomic mass is 10.2. The predicted molar refractivity (Wildman–Crippen MR) is 250 cm³/mol. The number of ether oxygens (including phenoxy) is 3. The number of carbonyl (C=O) groups excluding carboxylic acids is 3. The molecule has 2 N–H and O–H groups in total. The molecule has 0 saturated heterocycles. The van der Waals surface area contributed by atoms with Gasteiger partial charge in [-0.25, -0.2) is 23.6 Å². The van der Waals surface area contributed by atoms with Gasteiger partial charge in [0.15, 0.2) is 0 Å². The Kier molecular flexibility index (Phi) is 22.7. The average molecular weight is 977 g/mol. The normalized spacial score (nSPS) is 13.1. The highest BCUT2D eigenvalue weighted by atomic mass is 35.5. The van der Waals surface area contributed by atoms with Crippen LogP contribution in [0.15, 0.2) is 121 Å². The Bertz CT molecular complexity index is 2070. The third-order valence-electron chi connectivity index (χ3n) is 8.37. The summed E-state index contributed by atoms with van der Waals surface area (Å²) in [5.74, 6) is -1.27. The van der Waals surface area contributed by atoms with Gasteiger partial charge in [-0.05, 0) is 96.3 Å². The van der Waals surface area contributed by atoms with Crippen molar-refractivity contribution in [2.75, 3.05) is 13.2 Å². The number of hydrogen-bond acceptors (Lipinski definition) is 15. The zero-order chi connectivity index (χ0) is 48.9. The van der Waals surface area contributed by atoms with Crippen molar-refractivity contribution in [3.8, 4) is 0 Å². The number of amides is 1. The highest BCUT2D eigenvalue weighted by molar-refractivity contribution is 7.48. The molecule has 2 atom stereocenters. The molecule has 0 fully saturated rings. The summed E-state index contributed by atoms with van der Waals surface area (Å²) in [6.07, 6.45) is -0.740. The van der Waals surface area contributed by atoms with Crippen molar-refractivity contribution in [2.45, 2.75) is 118 Å². The Hall–Kier alpha value is -4.44. The van der Waals surface area contributed by atoms with E-state index < -0.39 is 62.6 Å². The van der Waals surface area contributed by atoms with Gasteiger partial charge in [0.1, 0.15) is 42.1 Å². The van der Waals surface area contributed by atoms with Crippen molar-refractivity contribution in [1.82, 2.24) is 10.2 Å². The maximum absolute atomic E-state index is 13.6. The van der Waals surface area contributed by atoms with E-state index in [-0.39, 0.29) is 39.6 Å². The van der Waals surface area contributed by atoms with Crippen LogP contribution in [0, 0.1) is 0 Å². The van der Waals surface area contributed by atoms with E-state index in [1.54, 1.807) is 55.4 Å². The Morgan fingerprint density at radius 3 is 1.08 bits per heavy atom. The monoisotopic (exact) mass is 976 g/mol. The Morgan fingerprint density at radius 2 is 0.803 bits per heavy atom. The van der Waals surface area contributed by atoms with Crippen LogP contribution < -0.4 is 10.2 Å². The molecular formula is C47H63ClN2O14P2. The molecule has 4 aromatic carbocycles. The third-order valence-corrected chi connectivity index (χ3v) is 11.9. The first-order valence-corrected chi connectivity index (χ1v) is 24.3. The number of alkyl carbamates (subject to hydrolysis) is 1. The topological polar surface area (TPSA) is 192 Å². The van der Waals surface area contributed by atoms with Crippen LogP contribution in [0.4, 0.5) is 4.79 Å². The Labute approximate surface area is 393 Å². The second-order valence-corrected chi connectivity index (χ2v) is 20.5. The maximum atomic E-state index is 13.6. The summed E-state index contributed by atoms with van der Waals surface area (Å²) in [6, 6.07) is 35.3. The predicted octanol–water partition coefficient (Wildman–Crippen LogP) is 10.8. The molecular weight excluding hydrogens is 914 g/mol. The zero-order valence-corrected chi connectivity index (χ0v) is 41.5. The summed E-state index contributed by atoms with van der Waals surface area (Å²) in [5, 5.41) is 2.42. The van der Waals surface area contributed by atoms with E-state index in [0.29, 0.717) is 0 Å². The van der Waals surface area contributed by atoms with Gasteiger partial charge in [0.25, 0.3) is 0 Å². The lowest BCUT2D eigenvalue weighted by molar-refractivity contribution is -0.152. The van der Waals surface area contributed by atoms with Crippen LogP contribution in [-0.2, 0) is 86.5 Å². The highest BCUT2D eigenvalue weighted by Crippen LogP contribution is 2.55. The molecule has 0 spiro atoms. The first kappa shape index (κ1) is 55.9. The molecule has 0 radical (unpaired) electrons. The number of nitrogens with one attached hydrogen (secondary N) is 2. The summed E-state index contributed by atoms with van der Waals surface area (Å²) in [6.45, 7) is 14.3. The smallest absolute Gasteiger partial charge is 0.461 e. The van der Waals surface area contributed by atoms with Gasteiger partial charge in [-0.3, -0.25) is 31.9 Å². The van der Waals surface area contributed by atoms with E-state index >= 15 is 0 Å². The third kappa shape index (κ3) is 22.8. The standard InChI is InChI=1S/C26H36NO8P.C21H27ClNO6P/c1-20(27-24(29)34-25(2,3)4)23(28)31-19-26(5,6)35-36(30,32-17-21-13-9-7-10-14-21)33-18-22-15-11-8-12-16-22;1-17(23-22)20(24)26-16-21(2,3)29-30(25,27-14-18-10-6-4-7-11-18)28-15-19-12-8-5-9-13-19/h7-16,20H,17-19H2,1-6H3,(H,27,29);4-13,17,23H,14-16H2,1-3H3/t20-;17-/m00/s1. The largest absolute Gasteiger partial charge is 0.476 e. The fourth-order valence-corrected chi connectivity index (χ4v) is 8.07. The minimum Gasteiger partial charge on any atom is -0.461 e. The first-order valence-electron chi connectivity index (χ1n) is 21.0. The Balaban J connectivity index is 0.000000356. The molecule has 0 unspecified atom stereocenters. The number of halogens is 1. The van der Waals surface area contributed by atoms with Crippen LogP contribution >= 0.6 is 27.4 Å². The van der Waals surface area contributed by atoms with Gasteiger partial charge in [-0.15, -0.1) is 0 Å². The summed E-state index contributed by atoms with van der Waals surface area (Å²) in [5.41, 5.74) is 0.137. The molecule has 362 valence electrons. The minimum atomic E-state index is -4.08. The lowest BCUT2D eigenvalue weighted by Crippen LogP contribution is -2.43. The molecule has 1 amide bonds. The van der Waals surface area contributed by atoms with Crippen LogP contribution in [0.3, 0.4) is 0 Å². The Morgan fingerprint density at radius 1 is 0.515 bits per heavy atom. The molecule has 0 saturated carbocycles. The van der Waals surface area contributed by atoms with Crippen molar-refractivity contribution in [1.29, 1.82) is 0 Å². The summed E-state index contributed by atoms with van der Waals surface area (Å²) >= 11 is 5.44. The molecule has 4 rings (SSSR count). The SMILES string of the molecule is C[C@H](NC(=O)OC(C)(C)C)C(=O)OCC(C)(C)OP(=O)(OCc1ccccc1)OCc1ccccc1.C[C@H](NCl)C(=O)OCC(C)(C)OP(=O)(OCc1ccccc1)OCc1ccccc1. The van der Waals surface area contributed by atoms with Crippen LogP contribution in [0.1, 0.15) is 84.6 Å². The molecule has 0 heterocycles. The number of hydrogen-bond donors (Lipinski definition) is 2. The molecule has 0 aliphatic carbocycles. The van der Waals surface area contributed by atoms with Gasteiger partial charge >= 0.3 is 33.7 Å². The van der Waals surface area contributed by atoms with E-state index in [4.69, 9.17) is 53.1 Å². The van der Waals surface area contributed by atoms with Crippen LogP contribution in [-0.4, -0.2) is 60.1 Å². The quantitative estimate of drug-likeness (QED) is 0.0291. The molecule has 0 bridgehead atoms. The van der Waals surface area contributed by atoms with Gasteiger partial charge in [-0.2, -0.15) is 0 Å². The fourth-order valence-electron chi connectivity index (χ4n) is 5.08. The molecule has 4 aromatic rings. The van der Waals surface area contributed by atoms with E-state index in [1.165, 1.54) is 6.92 Å². The van der Waals surface area contributed by atoms with Gasteiger partial charge < -0.3 is 19.5 Å². The van der Waals surface area contributed by atoms with Crippen molar-refractivity contribution >= 4 is 45.5 Å². The van der Waals surface area contributed by atoms with Crippen molar-refractivity contribution in [3.63, 3.8) is 0 Å². The molecule has 19 heteroatoms. The summed E-state index contributed by atoms with van der Waals surface area (Å²) in [7, 11) is -8.08. The number of benzene rings is 4. The fraction of sp³-hybridized carbons (Fsp3) is 0.426. The molecule has 0 aliphatic rings. The number of esters is 2. The van der Waals surface area contributed by atoms with E-state index in [2.05, 4.69) is 10.2 Å². The van der Waals surface area contributed by atoms with Gasteiger partial charge in [0, 0.05) is 0 Å². The molecule has 0 aliphatic heterocycles. The second kappa shape index (κ2) is 26.8. The maximum Gasteiger partial charge on any atom is 0.476 e. The van der Waals surface area contributed by atoms with E-state index in [9.17, 15) is 23.5 Å². The molecule has 66 heavy (non-hydrogen) atoms. The number of phosphoric acid groups is 2. The molecule has 16 nitrogen and oxygen atoms in total. The molecule has 0 aromatic heterocycles. The number of carbonyl (C=O) groups is 3. The zero-order valence-electron chi connectivity index (χ0n) is 38.9. The summed E-state index contributed by atoms with van der Waals surface area (Å²) in [4.78, 5) is 38.4. The van der Waals surface area contributed by atoms with Crippen LogP contribution in [0.5, 0.6) is 0 Å². The van der Waals surface area contributed by atoms with Crippen molar-refractivity contribution in [2.24, 2.45) is 0 Å². The van der Waals surface area contributed by atoms with E-state index in [0.717, 1.165) is 22.3 Å². The minimum absolute atomic E-state index is 0.000379. The average Bonchev–Trinajstić information content (AvgIpc) is 3.28. The van der Waals surface area contributed by atoms with E-state index in [1.807, 2.05) is 121 Å². The lowest BCUT2D eigenvalue weighted by Gasteiger charge is -2.29. The second-order valence-electron chi connectivity index (χ2n) is 17.0.